The Morgan fingerprint density at radius 3 is 2.88 bits per heavy atom. The van der Waals surface area contributed by atoms with Gasteiger partial charge in [0.25, 0.3) is 0 Å². The molecular weight excluding hydrogens is 346 g/mol. The SMILES string of the molecule is CN(Cc1nccs1)C(=O)[C@@H]1CCC(=O)N(CCCc2ccccc2)C1. The van der Waals surface area contributed by atoms with Crippen LogP contribution in [0.5, 0.6) is 0 Å². The molecule has 0 aliphatic carbocycles. The molecule has 0 unspecified atom stereocenters. The minimum atomic E-state index is -0.102. The number of thiazole rings is 1. The highest BCUT2D eigenvalue weighted by molar-refractivity contribution is 7.09. The Bertz CT molecular complexity index is 718. The zero-order valence-corrected chi connectivity index (χ0v) is 16.0. The average Bonchev–Trinajstić information content (AvgIpc) is 3.16. The standard InChI is InChI=1S/C20H25N3O2S/c1-22(15-18-21-11-13-26-18)20(25)17-9-10-19(24)23(14-17)12-5-8-16-6-3-2-4-7-16/h2-4,6-7,11,13,17H,5,8-10,12,14-15H2,1H3/t17-/m1/s1. The van der Waals surface area contributed by atoms with Crippen molar-refractivity contribution in [2.45, 2.75) is 32.2 Å². The summed E-state index contributed by atoms with van der Waals surface area (Å²) in [6.45, 7) is 1.79. The first-order chi connectivity index (χ1) is 12.6. The number of carbonyl (C=O) groups excluding carboxylic acids is 2. The van der Waals surface area contributed by atoms with Gasteiger partial charge in [-0.1, -0.05) is 30.3 Å². The Labute approximate surface area is 158 Å². The Kier molecular flexibility index (Phi) is 6.39. The maximum atomic E-state index is 12.7. The maximum absolute atomic E-state index is 12.7. The van der Waals surface area contributed by atoms with Crippen LogP contribution in [-0.2, 0) is 22.6 Å². The van der Waals surface area contributed by atoms with Crippen molar-refractivity contribution in [1.29, 1.82) is 0 Å². The lowest BCUT2D eigenvalue weighted by atomic mass is 9.95. The van der Waals surface area contributed by atoms with E-state index in [9.17, 15) is 9.59 Å². The van der Waals surface area contributed by atoms with Crippen molar-refractivity contribution in [3.05, 3.63) is 52.5 Å². The maximum Gasteiger partial charge on any atom is 0.227 e. The number of nitrogens with zero attached hydrogens (tertiary/aromatic N) is 3. The molecule has 138 valence electrons. The molecule has 6 heteroatoms. The Hall–Kier alpha value is -2.21. The summed E-state index contributed by atoms with van der Waals surface area (Å²) in [6, 6.07) is 10.3. The minimum absolute atomic E-state index is 0.102. The van der Waals surface area contributed by atoms with Gasteiger partial charge in [-0.3, -0.25) is 9.59 Å². The zero-order valence-electron chi connectivity index (χ0n) is 15.1. The first-order valence-electron chi connectivity index (χ1n) is 9.08. The lowest BCUT2D eigenvalue weighted by molar-refractivity contribution is -0.142. The molecule has 0 saturated carbocycles. The van der Waals surface area contributed by atoms with E-state index in [4.69, 9.17) is 0 Å². The van der Waals surface area contributed by atoms with Crippen LogP contribution in [0.2, 0.25) is 0 Å². The second-order valence-electron chi connectivity index (χ2n) is 6.78. The van der Waals surface area contributed by atoms with Gasteiger partial charge >= 0.3 is 0 Å². The third-order valence-corrected chi connectivity index (χ3v) is 5.58. The summed E-state index contributed by atoms with van der Waals surface area (Å²) in [6.07, 6.45) is 4.74. The Morgan fingerprint density at radius 2 is 2.15 bits per heavy atom. The Morgan fingerprint density at radius 1 is 1.35 bits per heavy atom. The van der Waals surface area contributed by atoms with Crippen molar-refractivity contribution in [3.63, 3.8) is 0 Å². The second-order valence-corrected chi connectivity index (χ2v) is 7.76. The molecule has 2 amide bonds. The highest BCUT2D eigenvalue weighted by Crippen LogP contribution is 2.21. The number of carbonyl (C=O) groups is 2. The third kappa shape index (κ3) is 4.91. The summed E-state index contributed by atoms with van der Waals surface area (Å²) in [5.74, 6) is 0.180. The smallest absolute Gasteiger partial charge is 0.227 e. The molecule has 0 spiro atoms. The number of rotatable bonds is 7. The van der Waals surface area contributed by atoms with E-state index in [2.05, 4.69) is 17.1 Å². The summed E-state index contributed by atoms with van der Waals surface area (Å²) in [7, 11) is 1.82. The molecule has 5 nitrogen and oxygen atoms in total. The fourth-order valence-electron chi connectivity index (χ4n) is 3.37. The molecule has 1 aliphatic heterocycles. The molecule has 2 heterocycles. The molecule has 3 rings (SSSR count). The molecule has 0 radical (unpaired) electrons. The van der Waals surface area contributed by atoms with Crippen LogP contribution in [0.25, 0.3) is 0 Å². The van der Waals surface area contributed by atoms with E-state index in [0.29, 0.717) is 32.5 Å². The van der Waals surface area contributed by atoms with Crippen LogP contribution in [-0.4, -0.2) is 46.7 Å². The normalized spacial score (nSPS) is 17.3. The van der Waals surface area contributed by atoms with Gasteiger partial charge in [0.05, 0.1) is 12.5 Å². The quantitative estimate of drug-likeness (QED) is 0.752. The first-order valence-corrected chi connectivity index (χ1v) is 9.96. The van der Waals surface area contributed by atoms with Crippen molar-refractivity contribution in [2.24, 2.45) is 5.92 Å². The van der Waals surface area contributed by atoms with Gasteiger partial charge in [-0.05, 0) is 24.8 Å². The van der Waals surface area contributed by atoms with E-state index in [0.717, 1.165) is 17.8 Å². The molecule has 1 aromatic carbocycles. The van der Waals surface area contributed by atoms with Gasteiger partial charge in [-0.25, -0.2) is 4.98 Å². The van der Waals surface area contributed by atoms with Crippen LogP contribution < -0.4 is 0 Å². The monoisotopic (exact) mass is 371 g/mol. The van der Waals surface area contributed by atoms with Crippen molar-refractivity contribution in [3.8, 4) is 0 Å². The predicted molar refractivity (Wildman–Crippen MR) is 103 cm³/mol. The van der Waals surface area contributed by atoms with Crippen molar-refractivity contribution < 1.29 is 9.59 Å². The molecule has 0 bridgehead atoms. The summed E-state index contributed by atoms with van der Waals surface area (Å²) in [5.41, 5.74) is 1.28. The van der Waals surface area contributed by atoms with E-state index < -0.39 is 0 Å². The molecule has 1 fully saturated rings. The van der Waals surface area contributed by atoms with Crippen LogP contribution in [0, 0.1) is 5.92 Å². The van der Waals surface area contributed by atoms with Crippen LogP contribution in [0.1, 0.15) is 29.8 Å². The summed E-state index contributed by atoms with van der Waals surface area (Å²) in [5, 5.41) is 2.86. The van der Waals surface area contributed by atoms with Gasteiger partial charge in [0.2, 0.25) is 11.8 Å². The average molecular weight is 372 g/mol. The molecule has 0 N–H and O–H groups in total. The number of aryl methyl sites for hydroxylation is 1. The fraction of sp³-hybridized carbons (Fsp3) is 0.450. The van der Waals surface area contributed by atoms with Crippen LogP contribution in [0.15, 0.2) is 41.9 Å². The minimum Gasteiger partial charge on any atom is -0.342 e. The number of aromatic nitrogens is 1. The molecule has 1 saturated heterocycles. The largest absolute Gasteiger partial charge is 0.342 e. The van der Waals surface area contributed by atoms with Crippen LogP contribution in [0.3, 0.4) is 0 Å². The van der Waals surface area contributed by atoms with Crippen molar-refractivity contribution in [1.82, 2.24) is 14.8 Å². The molecule has 1 aliphatic rings. The number of benzene rings is 1. The molecular formula is C20H25N3O2S. The van der Waals surface area contributed by atoms with E-state index in [1.54, 1.807) is 22.4 Å². The summed E-state index contributed by atoms with van der Waals surface area (Å²) < 4.78 is 0. The van der Waals surface area contributed by atoms with Gasteiger partial charge in [0.15, 0.2) is 0 Å². The van der Waals surface area contributed by atoms with Gasteiger partial charge in [0.1, 0.15) is 5.01 Å². The van der Waals surface area contributed by atoms with Gasteiger partial charge in [-0.2, -0.15) is 0 Å². The molecule has 1 atom stereocenters. The zero-order chi connectivity index (χ0) is 18.4. The number of hydrogen-bond acceptors (Lipinski definition) is 4. The summed E-state index contributed by atoms with van der Waals surface area (Å²) in [4.78, 5) is 32.8. The predicted octanol–water partition coefficient (Wildman–Crippen LogP) is 2.97. The summed E-state index contributed by atoms with van der Waals surface area (Å²) >= 11 is 1.56. The van der Waals surface area contributed by atoms with Gasteiger partial charge < -0.3 is 9.80 Å². The van der Waals surface area contributed by atoms with E-state index in [1.165, 1.54) is 5.56 Å². The number of piperidine rings is 1. The molecule has 1 aromatic heterocycles. The van der Waals surface area contributed by atoms with Crippen LogP contribution >= 0.6 is 11.3 Å². The van der Waals surface area contributed by atoms with E-state index in [-0.39, 0.29) is 17.7 Å². The lowest BCUT2D eigenvalue weighted by Gasteiger charge is -2.33. The van der Waals surface area contributed by atoms with Gasteiger partial charge in [0, 0.05) is 38.1 Å². The van der Waals surface area contributed by atoms with Crippen molar-refractivity contribution in [2.75, 3.05) is 20.1 Å². The number of likely N-dealkylation sites (tertiary alicyclic amines) is 1. The first kappa shape index (κ1) is 18.6. The van der Waals surface area contributed by atoms with E-state index >= 15 is 0 Å². The molecule has 2 aromatic rings. The highest BCUT2D eigenvalue weighted by Gasteiger charge is 2.31. The van der Waals surface area contributed by atoms with Gasteiger partial charge in [-0.15, -0.1) is 11.3 Å². The number of amides is 2. The highest BCUT2D eigenvalue weighted by atomic mass is 32.1. The number of hydrogen-bond donors (Lipinski definition) is 0. The van der Waals surface area contributed by atoms with E-state index in [1.807, 2.05) is 35.5 Å². The van der Waals surface area contributed by atoms with Crippen LogP contribution in [0.4, 0.5) is 0 Å². The van der Waals surface area contributed by atoms with Crippen molar-refractivity contribution >= 4 is 23.2 Å². The lowest BCUT2D eigenvalue weighted by Crippen LogP contribution is -2.46. The fourth-order valence-corrected chi connectivity index (χ4v) is 4.04. The second kappa shape index (κ2) is 8.94. The third-order valence-electron chi connectivity index (χ3n) is 4.82. The Balaban J connectivity index is 1.50. The topological polar surface area (TPSA) is 53.5 Å². The molecule has 26 heavy (non-hydrogen) atoms.